The average molecular weight is 381 g/mol. The van der Waals surface area contributed by atoms with Gasteiger partial charge in [0.1, 0.15) is 11.3 Å². The van der Waals surface area contributed by atoms with Crippen LogP contribution in [0.2, 0.25) is 0 Å². The first-order chi connectivity index (χ1) is 12.7. The van der Waals surface area contributed by atoms with Crippen molar-refractivity contribution >= 4 is 22.6 Å². The molecule has 1 aromatic carbocycles. The van der Waals surface area contributed by atoms with Crippen molar-refractivity contribution in [3.05, 3.63) is 39.4 Å². The molecule has 3 N–H and O–H groups in total. The highest BCUT2D eigenvalue weighted by molar-refractivity contribution is 5.94. The maximum absolute atomic E-state index is 15.4. The Bertz CT molecular complexity index is 1020. The standard InChI is InChI=1S/C18H18F3N3O3/c1-7-4-23(6-10(7)22)16-13(20)12(19)11-15(14(16)21)24(8-2-3-8)5-9(17(11)25)18(26)27/h5,7-8,10H,2-4,6,22H2,1H3,(H,26,27)/t7-,10+/m1/s1. The molecule has 144 valence electrons. The Balaban J connectivity index is 2.07. The molecular weight excluding hydrogens is 363 g/mol. The van der Waals surface area contributed by atoms with Crippen LogP contribution in [0.15, 0.2) is 11.0 Å². The molecule has 0 unspecified atom stereocenters. The van der Waals surface area contributed by atoms with Crippen molar-refractivity contribution in [2.45, 2.75) is 31.8 Å². The monoisotopic (exact) mass is 381 g/mol. The summed E-state index contributed by atoms with van der Waals surface area (Å²) in [7, 11) is 0. The minimum Gasteiger partial charge on any atom is -0.477 e. The quantitative estimate of drug-likeness (QED) is 0.796. The summed E-state index contributed by atoms with van der Waals surface area (Å²) in [6.45, 7) is 2.23. The van der Waals surface area contributed by atoms with Gasteiger partial charge >= 0.3 is 5.97 Å². The van der Waals surface area contributed by atoms with Gasteiger partial charge < -0.3 is 20.3 Å². The molecule has 9 heteroatoms. The van der Waals surface area contributed by atoms with E-state index in [1.165, 1.54) is 9.47 Å². The summed E-state index contributed by atoms with van der Waals surface area (Å²) in [6.07, 6.45) is 2.29. The first kappa shape index (κ1) is 17.8. The second-order valence-electron chi connectivity index (χ2n) is 7.38. The minimum atomic E-state index is -1.57. The Morgan fingerprint density at radius 1 is 1.19 bits per heavy atom. The SMILES string of the molecule is C[C@@H]1CN(c2c(F)c(F)c3c(=O)c(C(=O)O)cn(C4CC4)c3c2F)C[C@@H]1N. The molecule has 2 aliphatic rings. The van der Waals surface area contributed by atoms with Gasteiger partial charge in [0.2, 0.25) is 5.43 Å². The summed E-state index contributed by atoms with van der Waals surface area (Å²) in [6, 6.07) is -0.569. The van der Waals surface area contributed by atoms with E-state index >= 15 is 4.39 Å². The number of halogens is 3. The minimum absolute atomic E-state index is 0.0393. The molecule has 2 fully saturated rings. The summed E-state index contributed by atoms with van der Waals surface area (Å²) in [5.41, 5.74) is 3.02. The van der Waals surface area contributed by atoms with Gasteiger partial charge in [0.15, 0.2) is 17.5 Å². The summed E-state index contributed by atoms with van der Waals surface area (Å²) >= 11 is 0. The molecule has 2 aromatic rings. The third-order valence-corrected chi connectivity index (χ3v) is 5.43. The van der Waals surface area contributed by atoms with Gasteiger partial charge in [-0.2, -0.15) is 0 Å². The molecule has 6 nitrogen and oxygen atoms in total. The number of benzene rings is 1. The van der Waals surface area contributed by atoms with E-state index in [4.69, 9.17) is 5.73 Å². The van der Waals surface area contributed by atoms with Gasteiger partial charge in [-0.15, -0.1) is 0 Å². The number of anilines is 1. The number of aromatic nitrogens is 1. The zero-order valence-electron chi connectivity index (χ0n) is 14.5. The van der Waals surface area contributed by atoms with E-state index in [1.54, 1.807) is 0 Å². The Morgan fingerprint density at radius 3 is 2.37 bits per heavy atom. The number of carboxylic acid groups (broad SMARTS) is 1. The Kier molecular flexibility index (Phi) is 3.95. The van der Waals surface area contributed by atoms with Crippen LogP contribution in [-0.2, 0) is 0 Å². The summed E-state index contributed by atoms with van der Waals surface area (Å²) in [5.74, 6) is -5.70. The maximum atomic E-state index is 15.4. The molecule has 0 spiro atoms. The number of hydrogen-bond donors (Lipinski definition) is 2. The number of aromatic carboxylic acids is 1. The lowest BCUT2D eigenvalue weighted by molar-refractivity contribution is 0.0694. The van der Waals surface area contributed by atoms with Crippen LogP contribution >= 0.6 is 0 Å². The second-order valence-corrected chi connectivity index (χ2v) is 7.38. The molecule has 1 aliphatic heterocycles. The van der Waals surface area contributed by atoms with E-state index in [0.29, 0.717) is 12.8 Å². The summed E-state index contributed by atoms with van der Waals surface area (Å²) in [5, 5.41) is 8.36. The van der Waals surface area contributed by atoms with Crippen molar-refractivity contribution in [1.29, 1.82) is 0 Å². The van der Waals surface area contributed by atoms with Crippen LogP contribution in [0.4, 0.5) is 18.9 Å². The van der Waals surface area contributed by atoms with Crippen LogP contribution in [-0.4, -0.2) is 34.8 Å². The van der Waals surface area contributed by atoms with Crippen LogP contribution in [0.3, 0.4) is 0 Å². The van der Waals surface area contributed by atoms with Gasteiger partial charge in [0.25, 0.3) is 0 Å². The average Bonchev–Trinajstić information content (AvgIpc) is 3.38. The van der Waals surface area contributed by atoms with Gasteiger partial charge in [-0.1, -0.05) is 6.92 Å². The maximum Gasteiger partial charge on any atom is 0.341 e. The van der Waals surface area contributed by atoms with Crippen LogP contribution in [0, 0.1) is 23.4 Å². The van der Waals surface area contributed by atoms with Crippen LogP contribution in [0.1, 0.15) is 36.2 Å². The smallest absolute Gasteiger partial charge is 0.341 e. The normalized spacial score (nSPS) is 22.6. The lowest BCUT2D eigenvalue weighted by Gasteiger charge is -2.22. The summed E-state index contributed by atoms with van der Waals surface area (Å²) < 4.78 is 46.2. The largest absolute Gasteiger partial charge is 0.477 e. The molecule has 27 heavy (non-hydrogen) atoms. The van der Waals surface area contributed by atoms with Crippen molar-refractivity contribution in [1.82, 2.24) is 4.57 Å². The molecule has 0 bridgehead atoms. The fourth-order valence-electron chi connectivity index (χ4n) is 3.73. The Morgan fingerprint density at radius 2 is 1.85 bits per heavy atom. The predicted molar refractivity (Wildman–Crippen MR) is 92.7 cm³/mol. The van der Waals surface area contributed by atoms with E-state index in [9.17, 15) is 23.5 Å². The van der Waals surface area contributed by atoms with E-state index in [-0.39, 0.29) is 31.1 Å². The molecule has 2 heterocycles. The van der Waals surface area contributed by atoms with Crippen molar-refractivity contribution in [2.24, 2.45) is 11.7 Å². The first-order valence-electron chi connectivity index (χ1n) is 8.71. The van der Waals surface area contributed by atoms with Crippen molar-refractivity contribution < 1.29 is 23.1 Å². The highest BCUT2D eigenvalue weighted by atomic mass is 19.2. The number of fused-ring (bicyclic) bond motifs is 1. The number of nitrogens with zero attached hydrogens (tertiary/aromatic N) is 2. The van der Waals surface area contributed by atoms with Gasteiger partial charge in [-0.05, 0) is 18.8 Å². The van der Waals surface area contributed by atoms with Gasteiger partial charge in [-0.25, -0.2) is 18.0 Å². The number of pyridine rings is 1. The van der Waals surface area contributed by atoms with Gasteiger partial charge in [-0.3, -0.25) is 4.79 Å². The number of nitrogens with two attached hydrogens (primary N) is 1. The third-order valence-electron chi connectivity index (χ3n) is 5.43. The number of hydrogen-bond acceptors (Lipinski definition) is 4. The topological polar surface area (TPSA) is 88.6 Å². The highest BCUT2D eigenvalue weighted by Crippen LogP contribution is 2.41. The molecule has 1 saturated heterocycles. The van der Waals surface area contributed by atoms with Crippen molar-refractivity contribution in [2.75, 3.05) is 18.0 Å². The van der Waals surface area contributed by atoms with Crippen LogP contribution in [0.25, 0.3) is 10.9 Å². The lowest BCUT2D eigenvalue weighted by Crippen LogP contribution is -2.30. The van der Waals surface area contributed by atoms with Gasteiger partial charge in [0.05, 0.1) is 10.9 Å². The molecule has 1 aliphatic carbocycles. The fraction of sp³-hybridized carbons (Fsp3) is 0.444. The Labute approximate surface area is 152 Å². The van der Waals surface area contributed by atoms with E-state index < -0.39 is 51.0 Å². The van der Waals surface area contributed by atoms with E-state index in [1.807, 2.05) is 6.92 Å². The number of carboxylic acids is 1. The second kappa shape index (κ2) is 5.98. The molecule has 0 radical (unpaired) electrons. The molecular formula is C18H18F3N3O3. The van der Waals surface area contributed by atoms with E-state index in [0.717, 1.165) is 6.20 Å². The molecule has 4 rings (SSSR count). The van der Waals surface area contributed by atoms with Crippen molar-refractivity contribution in [3.63, 3.8) is 0 Å². The third kappa shape index (κ3) is 2.60. The van der Waals surface area contributed by atoms with Crippen LogP contribution in [0.5, 0.6) is 0 Å². The number of carbonyl (C=O) groups is 1. The molecule has 1 aromatic heterocycles. The lowest BCUT2D eigenvalue weighted by atomic mass is 10.1. The molecule has 2 atom stereocenters. The number of rotatable bonds is 3. The van der Waals surface area contributed by atoms with E-state index in [2.05, 4.69) is 0 Å². The predicted octanol–water partition coefficient (Wildman–Crippen LogP) is 2.24. The zero-order chi connectivity index (χ0) is 19.6. The van der Waals surface area contributed by atoms with Crippen molar-refractivity contribution in [3.8, 4) is 0 Å². The molecule has 1 saturated carbocycles. The molecule has 0 amide bonds. The fourth-order valence-corrected chi connectivity index (χ4v) is 3.73. The first-order valence-corrected chi connectivity index (χ1v) is 8.71. The highest BCUT2D eigenvalue weighted by Gasteiger charge is 2.36. The summed E-state index contributed by atoms with van der Waals surface area (Å²) in [4.78, 5) is 25.1. The van der Waals surface area contributed by atoms with Gasteiger partial charge in [0, 0.05) is 31.4 Å². The Hall–Kier alpha value is -2.55. The zero-order valence-corrected chi connectivity index (χ0v) is 14.5. The van der Waals surface area contributed by atoms with Crippen LogP contribution < -0.4 is 16.1 Å².